The Kier molecular flexibility index (Phi) is 3.97. The Morgan fingerprint density at radius 3 is 2.50 bits per heavy atom. The van der Waals surface area contributed by atoms with E-state index in [1.165, 1.54) is 42.3 Å². The van der Waals surface area contributed by atoms with E-state index >= 15 is 0 Å². The lowest BCUT2D eigenvalue weighted by atomic mass is 10.1. The van der Waals surface area contributed by atoms with Crippen molar-refractivity contribution in [1.29, 1.82) is 0 Å². The van der Waals surface area contributed by atoms with E-state index in [0.29, 0.717) is 11.3 Å². The van der Waals surface area contributed by atoms with Crippen LogP contribution in [0.5, 0.6) is 11.5 Å². The number of rotatable bonds is 5. The highest BCUT2D eigenvalue weighted by Crippen LogP contribution is 2.22. The zero-order chi connectivity index (χ0) is 14.7. The van der Waals surface area contributed by atoms with Gasteiger partial charge in [0.1, 0.15) is 5.75 Å². The van der Waals surface area contributed by atoms with Crippen molar-refractivity contribution in [2.75, 3.05) is 7.11 Å². The maximum absolute atomic E-state index is 12.3. The van der Waals surface area contributed by atoms with E-state index in [2.05, 4.69) is 9.84 Å². The monoisotopic (exact) mass is 282 g/mol. The standard InChI is InChI=1S/C13H12F2N2O3/c1-17-11(10(19-2)7-16-17)12(18)8-3-5-9(6-4-8)20-13(14)15/h3-7,13H,1-2H3. The number of aromatic nitrogens is 2. The molecule has 0 amide bonds. The van der Waals surface area contributed by atoms with Crippen LogP contribution in [0.15, 0.2) is 30.5 Å². The third-order valence-corrected chi connectivity index (χ3v) is 2.68. The number of nitrogens with zero attached hydrogens (tertiary/aromatic N) is 2. The summed E-state index contributed by atoms with van der Waals surface area (Å²) in [7, 11) is 3.05. The van der Waals surface area contributed by atoms with Gasteiger partial charge in [0.25, 0.3) is 0 Å². The van der Waals surface area contributed by atoms with Crippen molar-refractivity contribution in [2.24, 2.45) is 7.05 Å². The molecule has 0 atom stereocenters. The van der Waals surface area contributed by atoms with E-state index in [1.54, 1.807) is 7.05 Å². The summed E-state index contributed by atoms with van der Waals surface area (Å²) in [5, 5.41) is 3.94. The van der Waals surface area contributed by atoms with Gasteiger partial charge in [-0.05, 0) is 24.3 Å². The van der Waals surface area contributed by atoms with Gasteiger partial charge in [0.2, 0.25) is 5.78 Å². The average molecular weight is 282 g/mol. The second-order valence-corrected chi connectivity index (χ2v) is 3.92. The molecule has 2 aromatic rings. The number of methoxy groups -OCH3 is 1. The molecule has 20 heavy (non-hydrogen) atoms. The predicted octanol–water partition coefficient (Wildman–Crippen LogP) is 2.26. The first kappa shape index (κ1) is 14.0. The summed E-state index contributed by atoms with van der Waals surface area (Å²) in [4.78, 5) is 12.3. The Morgan fingerprint density at radius 1 is 1.30 bits per heavy atom. The van der Waals surface area contributed by atoms with Gasteiger partial charge in [-0.1, -0.05) is 0 Å². The summed E-state index contributed by atoms with van der Waals surface area (Å²) in [5.41, 5.74) is 0.614. The topological polar surface area (TPSA) is 53.4 Å². The Morgan fingerprint density at radius 2 is 1.95 bits per heavy atom. The van der Waals surface area contributed by atoms with Crippen molar-refractivity contribution in [2.45, 2.75) is 6.61 Å². The fraction of sp³-hybridized carbons (Fsp3) is 0.231. The molecule has 0 unspecified atom stereocenters. The van der Waals surface area contributed by atoms with Crippen molar-refractivity contribution in [1.82, 2.24) is 9.78 Å². The van der Waals surface area contributed by atoms with Gasteiger partial charge in [-0.25, -0.2) is 0 Å². The van der Waals surface area contributed by atoms with Crippen LogP contribution in [-0.2, 0) is 7.05 Å². The van der Waals surface area contributed by atoms with Crippen LogP contribution in [0.3, 0.4) is 0 Å². The average Bonchev–Trinajstić information content (AvgIpc) is 2.79. The van der Waals surface area contributed by atoms with E-state index in [-0.39, 0.29) is 17.2 Å². The molecule has 0 spiro atoms. The number of alkyl halides is 2. The third-order valence-electron chi connectivity index (χ3n) is 2.68. The molecular formula is C13H12F2N2O3. The van der Waals surface area contributed by atoms with Crippen molar-refractivity contribution >= 4 is 5.78 Å². The number of aryl methyl sites for hydroxylation is 1. The lowest BCUT2D eigenvalue weighted by Gasteiger charge is -2.07. The largest absolute Gasteiger partial charge is 0.493 e. The maximum Gasteiger partial charge on any atom is 0.387 e. The van der Waals surface area contributed by atoms with Crippen LogP contribution >= 0.6 is 0 Å². The quantitative estimate of drug-likeness (QED) is 0.789. The van der Waals surface area contributed by atoms with Crippen molar-refractivity contribution in [3.8, 4) is 11.5 Å². The summed E-state index contributed by atoms with van der Waals surface area (Å²) in [6.45, 7) is -2.89. The van der Waals surface area contributed by atoms with Crippen molar-refractivity contribution < 1.29 is 23.0 Å². The molecule has 0 aliphatic carbocycles. The minimum absolute atomic E-state index is 0.00600. The van der Waals surface area contributed by atoms with Gasteiger partial charge in [0.05, 0.1) is 13.3 Å². The van der Waals surface area contributed by atoms with E-state index in [1.807, 2.05) is 0 Å². The summed E-state index contributed by atoms with van der Waals surface area (Å²) < 4.78 is 34.7. The van der Waals surface area contributed by atoms with E-state index in [4.69, 9.17) is 4.74 Å². The summed E-state index contributed by atoms with van der Waals surface area (Å²) >= 11 is 0. The third kappa shape index (κ3) is 2.76. The Hall–Kier alpha value is -2.44. The molecule has 2 rings (SSSR count). The van der Waals surface area contributed by atoms with Crippen molar-refractivity contribution in [3.63, 3.8) is 0 Å². The van der Waals surface area contributed by atoms with Gasteiger partial charge in [-0.15, -0.1) is 0 Å². The summed E-state index contributed by atoms with van der Waals surface area (Å²) in [5.74, 6) is 0.0318. The van der Waals surface area contributed by atoms with Gasteiger partial charge in [0.15, 0.2) is 11.4 Å². The van der Waals surface area contributed by atoms with Crippen LogP contribution in [0.2, 0.25) is 0 Å². The van der Waals surface area contributed by atoms with Gasteiger partial charge in [0, 0.05) is 12.6 Å². The van der Waals surface area contributed by atoms with Crippen LogP contribution in [0.4, 0.5) is 8.78 Å². The van der Waals surface area contributed by atoms with Gasteiger partial charge >= 0.3 is 6.61 Å². The first-order valence-electron chi connectivity index (χ1n) is 5.68. The molecule has 0 fully saturated rings. The number of ether oxygens (including phenoxy) is 2. The predicted molar refractivity (Wildman–Crippen MR) is 66.3 cm³/mol. The normalized spacial score (nSPS) is 10.7. The minimum Gasteiger partial charge on any atom is -0.493 e. The van der Waals surface area contributed by atoms with Crippen LogP contribution < -0.4 is 9.47 Å². The van der Waals surface area contributed by atoms with Gasteiger partial charge < -0.3 is 9.47 Å². The number of benzene rings is 1. The molecule has 0 N–H and O–H groups in total. The molecule has 0 bridgehead atoms. The van der Waals surface area contributed by atoms with Gasteiger partial charge in [-0.2, -0.15) is 13.9 Å². The molecule has 1 aromatic carbocycles. The first-order chi connectivity index (χ1) is 9.52. The SMILES string of the molecule is COc1cnn(C)c1C(=O)c1ccc(OC(F)F)cc1. The fourth-order valence-corrected chi connectivity index (χ4v) is 1.75. The highest BCUT2D eigenvalue weighted by molar-refractivity contribution is 6.09. The molecule has 1 aromatic heterocycles. The number of carbonyl (C=O) groups excluding carboxylic acids is 1. The van der Waals surface area contributed by atoms with Crippen LogP contribution in [-0.4, -0.2) is 29.3 Å². The second kappa shape index (κ2) is 5.68. The second-order valence-electron chi connectivity index (χ2n) is 3.92. The highest BCUT2D eigenvalue weighted by Gasteiger charge is 2.19. The molecule has 7 heteroatoms. The molecule has 1 heterocycles. The van der Waals surface area contributed by atoms with Crippen LogP contribution in [0.25, 0.3) is 0 Å². The van der Waals surface area contributed by atoms with Crippen molar-refractivity contribution in [3.05, 3.63) is 41.7 Å². The lowest BCUT2D eigenvalue weighted by molar-refractivity contribution is -0.0498. The van der Waals surface area contributed by atoms with Gasteiger partial charge in [-0.3, -0.25) is 9.48 Å². The Balaban J connectivity index is 2.27. The molecule has 5 nitrogen and oxygen atoms in total. The molecular weight excluding hydrogens is 270 g/mol. The molecule has 0 radical (unpaired) electrons. The van der Waals surface area contributed by atoms with Crippen LogP contribution in [0, 0.1) is 0 Å². The molecule has 0 aliphatic rings. The number of ketones is 1. The van der Waals surface area contributed by atoms with E-state index < -0.39 is 6.61 Å². The zero-order valence-corrected chi connectivity index (χ0v) is 10.8. The lowest BCUT2D eigenvalue weighted by Crippen LogP contribution is -2.10. The summed E-state index contributed by atoms with van der Waals surface area (Å²) in [6, 6.07) is 5.43. The maximum atomic E-state index is 12.3. The molecule has 0 aliphatic heterocycles. The smallest absolute Gasteiger partial charge is 0.387 e. The first-order valence-corrected chi connectivity index (χ1v) is 5.68. The molecule has 0 saturated heterocycles. The number of carbonyl (C=O) groups is 1. The van der Waals surface area contributed by atoms with E-state index in [9.17, 15) is 13.6 Å². The zero-order valence-electron chi connectivity index (χ0n) is 10.8. The molecule has 106 valence electrons. The number of halogens is 2. The van der Waals surface area contributed by atoms with Crippen LogP contribution in [0.1, 0.15) is 16.1 Å². The minimum atomic E-state index is -2.89. The Labute approximate surface area is 113 Å². The fourth-order valence-electron chi connectivity index (χ4n) is 1.75. The number of hydrogen-bond donors (Lipinski definition) is 0. The Bertz CT molecular complexity index is 609. The highest BCUT2D eigenvalue weighted by atomic mass is 19.3. The van der Waals surface area contributed by atoms with E-state index in [0.717, 1.165) is 0 Å². The molecule has 0 saturated carbocycles. The summed E-state index contributed by atoms with van der Waals surface area (Å²) in [6.07, 6.45) is 1.43. The number of hydrogen-bond acceptors (Lipinski definition) is 4.